The summed E-state index contributed by atoms with van der Waals surface area (Å²) in [6, 6.07) is 13.5. The van der Waals surface area contributed by atoms with Crippen LogP contribution in [0, 0.1) is 11.8 Å². The fraction of sp³-hybridized carbons (Fsp3) is 0.452. The van der Waals surface area contributed by atoms with Crippen molar-refractivity contribution >= 4 is 5.78 Å². The number of piperidine rings is 1. The van der Waals surface area contributed by atoms with Gasteiger partial charge in [0.05, 0.1) is 18.7 Å². The van der Waals surface area contributed by atoms with Crippen molar-refractivity contribution in [3.63, 3.8) is 0 Å². The molecule has 6 heteroatoms. The molecule has 0 amide bonds. The predicted octanol–water partition coefficient (Wildman–Crippen LogP) is 5.38. The zero-order valence-corrected chi connectivity index (χ0v) is 22.3. The van der Waals surface area contributed by atoms with Crippen LogP contribution < -0.4 is 4.74 Å². The Bertz CT molecular complexity index is 1210. The molecule has 4 rings (SSSR count). The second-order valence-corrected chi connectivity index (χ2v) is 10.7. The van der Waals surface area contributed by atoms with Crippen LogP contribution in [0.25, 0.3) is 0 Å². The highest BCUT2D eigenvalue weighted by atomic mass is 16.5. The summed E-state index contributed by atoms with van der Waals surface area (Å²) < 4.78 is 11.3. The van der Waals surface area contributed by atoms with Crippen molar-refractivity contribution < 1.29 is 14.1 Å². The minimum atomic E-state index is -0.130. The lowest BCUT2D eigenvalue weighted by molar-refractivity contribution is -0.117. The molecule has 1 aliphatic rings. The first-order chi connectivity index (χ1) is 17.8. The highest BCUT2D eigenvalue weighted by Crippen LogP contribution is 2.23. The van der Waals surface area contributed by atoms with Crippen LogP contribution in [0.3, 0.4) is 0 Å². The van der Waals surface area contributed by atoms with Crippen LogP contribution in [0.15, 0.2) is 53.2 Å². The summed E-state index contributed by atoms with van der Waals surface area (Å²) in [5.41, 5.74) is 2.97. The molecule has 0 N–H and O–H groups in total. The Morgan fingerprint density at radius 1 is 0.973 bits per heavy atom. The molecule has 194 valence electrons. The number of rotatable bonds is 9. The van der Waals surface area contributed by atoms with Gasteiger partial charge in [0.2, 0.25) is 0 Å². The van der Waals surface area contributed by atoms with Gasteiger partial charge in [0.1, 0.15) is 17.3 Å². The monoisotopic (exact) mass is 499 g/mol. The molecule has 3 heterocycles. The van der Waals surface area contributed by atoms with Gasteiger partial charge in [-0.3, -0.25) is 9.78 Å². The summed E-state index contributed by atoms with van der Waals surface area (Å²) in [5, 5.41) is 4.03. The van der Waals surface area contributed by atoms with Crippen molar-refractivity contribution in [2.45, 2.75) is 64.7 Å². The summed E-state index contributed by atoms with van der Waals surface area (Å²) in [4.78, 5) is 19.4. The van der Waals surface area contributed by atoms with E-state index in [1.807, 2.05) is 42.5 Å². The minimum absolute atomic E-state index is 0.0499. The van der Waals surface area contributed by atoms with Crippen LogP contribution in [0.4, 0.5) is 0 Å². The molecule has 2 aromatic heterocycles. The van der Waals surface area contributed by atoms with E-state index in [0.717, 1.165) is 47.9 Å². The molecule has 1 aliphatic heterocycles. The van der Waals surface area contributed by atoms with E-state index in [1.165, 1.54) is 32.4 Å². The van der Waals surface area contributed by atoms with Gasteiger partial charge in [0.25, 0.3) is 0 Å². The number of benzene rings is 1. The average Bonchev–Trinajstić information content (AvgIpc) is 3.37. The van der Waals surface area contributed by atoms with E-state index in [0.29, 0.717) is 5.69 Å². The lowest BCUT2D eigenvalue weighted by atomic mass is 9.93. The van der Waals surface area contributed by atoms with Crippen LogP contribution in [0.5, 0.6) is 5.75 Å². The molecule has 1 saturated heterocycles. The second kappa shape index (κ2) is 12.7. The lowest BCUT2D eigenvalue weighted by Crippen LogP contribution is -2.31. The van der Waals surface area contributed by atoms with Crippen molar-refractivity contribution in [1.29, 1.82) is 0 Å². The number of hydrogen-bond acceptors (Lipinski definition) is 6. The zero-order chi connectivity index (χ0) is 26.1. The van der Waals surface area contributed by atoms with E-state index in [1.54, 1.807) is 6.20 Å². The fourth-order valence-corrected chi connectivity index (χ4v) is 4.26. The Balaban J connectivity index is 1.21. The van der Waals surface area contributed by atoms with Gasteiger partial charge in [-0.05, 0) is 68.8 Å². The molecule has 1 fully saturated rings. The van der Waals surface area contributed by atoms with Gasteiger partial charge in [-0.25, -0.2) is 0 Å². The number of carbonyl (C=O) groups excluding carboxylic acids is 1. The number of likely N-dealkylation sites (tertiary alicyclic amines) is 1. The highest BCUT2D eigenvalue weighted by molar-refractivity contribution is 5.82. The maximum absolute atomic E-state index is 12.5. The van der Waals surface area contributed by atoms with E-state index in [4.69, 9.17) is 9.26 Å². The second-order valence-electron chi connectivity index (χ2n) is 10.7. The molecule has 1 aromatic carbocycles. The maximum atomic E-state index is 12.5. The van der Waals surface area contributed by atoms with Crippen LogP contribution in [0.1, 0.15) is 74.7 Å². The zero-order valence-electron chi connectivity index (χ0n) is 22.3. The van der Waals surface area contributed by atoms with Gasteiger partial charge in [0, 0.05) is 47.5 Å². The van der Waals surface area contributed by atoms with E-state index >= 15 is 0 Å². The first-order valence-corrected chi connectivity index (χ1v) is 13.3. The molecule has 0 unspecified atom stereocenters. The smallest absolute Gasteiger partial charge is 0.144 e. The van der Waals surface area contributed by atoms with E-state index in [2.05, 4.69) is 47.7 Å². The van der Waals surface area contributed by atoms with Crippen LogP contribution in [0.2, 0.25) is 0 Å². The summed E-state index contributed by atoms with van der Waals surface area (Å²) in [6.45, 7) is 10.5. The quantitative estimate of drug-likeness (QED) is 0.291. The molecular weight excluding hydrogens is 462 g/mol. The molecule has 3 aromatic rings. The number of hydrogen-bond donors (Lipinski definition) is 0. The SMILES string of the molecule is CC(C)(C)c1cc(CC(=O)Cc2ccc(C#Cc3ccc(OCCCN4CCCCC4)cc3)cn2)no1. The Morgan fingerprint density at radius 3 is 2.35 bits per heavy atom. The Kier molecular flexibility index (Phi) is 9.14. The van der Waals surface area contributed by atoms with Crippen molar-refractivity contribution in [2.24, 2.45) is 0 Å². The van der Waals surface area contributed by atoms with Crippen LogP contribution in [-0.2, 0) is 23.1 Å². The normalized spacial score (nSPS) is 14.1. The Hall–Kier alpha value is -3.43. The van der Waals surface area contributed by atoms with Crippen molar-refractivity contribution in [3.05, 3.63) is 76.9 Å². The van der Waals surface area contributed by atoms with Gasteiger partial charge in [-0.1, -0.05) is 44.2 Å². The first kappa shape index (κ1) is 26.6. The van der Waals surface area contributed by atoms with E-state index < -0.39 is 0 Å². The third kappa shape index (κ3) is 8.58. The number of nitrogens with zero attached hydrogens (tertiary/aromatic N) is 3. The van der Waals surface area contributed by atoms with E-state index in [-0.39, 0.29) is 24.0 Å². The minimum Gasteiger partial charge on any atom is -0.494 e. The standard InChI is InChI=1S/C31H37N3O3/c1-31(2,3)30-22-27(33-37-30)21-28(35)20-26-13-10-25(23-32-26)9-8-24-11-14-29(15-12-24)36-19-7-18-34-16-5-4-6-17-34/h10-15,22-23H,4-7,16-21H2,1-3H3. The lowest BCUT2D eigenvalue weighted by Gasteiger charge is -2.26. The number of Topliss-reactive ketones (excluding diaryl/α,β-unsaturated/α-hetero) is 1. The molecular formula is C31H37N3O3. The van der Waals surface area contributed by atoms with E-state index in [9.17, 15) is 4.79 Å². The van der Waals surface area contributed by atoms with Crippen molar-refractivity contribution in [3.8, 4) is 17.6 Å². The van der Waals surface area contributed by atoms with Crippen molar-refractivity contribution in [2.75, 3.05) is 26.2 Å². The molecule has 0 atom stereocenters. The Labute approximate surface area is 220 Å². The van der Waals surface area contributed by atoms with Crippen molar-refractivity contribution in [1.82, 2.24) is 15.0 Å². The summed E-state index contributed by atoms with van der Waals surface area (Å²) in [7, 11) is 0. The average molecular weight is 500 g/mol. The first-order valence-electron chi connectivity index (χ1n) is 13.3. The molecule has 0 radical (unpaired) electrons. The predicted molar refractivity (Wildman–Crippen MR) is 145 cm³/mol. The maximum Gasteiger partial charge on any atom is 0.144 e. The van der Waals surface area contributed by atoms with Crippen LogP contribution >= 0.6 is 0 Å². The summed E-state index contributed by atoms with van der Waals surface area (Å²) in [5.74, 6) is 8.01. The number of ketones is 1. The van der Waals surface area contributed by atoms with Gasteiger partial charge in [0.15, 0.2) is 0 Å². The topological polar surface area (TPSA) is 68.5 Å². The molecule has 0 spiro atoms. The summed E-state index contributed by atoms with van der Waals surface area (Å²) in [6.07, 6.45) is 7.28. The highest BCUT2D eigenvalue weighted by Gasteiger charge is 2.20. The fourth-order valence-electron chi connectivity index (χ4n) is 4.26. The number of pyridine rings is 1. The molecule has 0 bridgehead atoms. The van der Waals surface area contributed by atoms with Gasteiger partial charge in [-0.15, -0.1) is 0 Å². The Morgan fingerprint density at radius 2 is 1.68 bits per heavy atom. The molecule has 37 heavy (non-hydrogen) atoms. The number of aromatic nitrogens is 2. The summed E-state index contributed by atoms with van der Waals surface area (Å²) >= 11 is 0. The van der Waals surface area contributed by atoms with Gasteiger partial charge < -0.3 is 14.2 Å². The molecule has 0 aliphatic carbocycles. The largest absolute Gasteiger partial charge is 0.494 e. The number of ether oxygens (including phenoxy) is 1. The number of carbonyl (C=O) groups is 1. The molecule has 0 saturated carbocycles. The van der Waals surface area contributed by atoms with Crippen LogP contribution in [-0.4, -0.2) is 47.1 Å². The third-order valence-electron chi connectivity index (χ3n) is 6.42. The molecule has 6 nitrogen and oxygen atoms in total. The van der Waals surface area contributed by atoms with Gasteiger partial charge in [-0.2, -0.15) is 0 Å². The van der Waals surface area contributed by atoms with Gasteiger partial charge >= 0.3 is 0 Å². The third-order valence-corrected chi connectivity index (χ3v) is 6.42.